The van der Waals surface area contributed by atoms with Crippen molar-refractivity contribution in [2.24, 2.45) is 0 Å². The van der Waals surface area contributed by atoms with Crippen molar-refractivity contribution < 1.29 is 9.90 Å². The van der Waals surface area contributed by atoms with Crippen molar-refractivity contribution in [3.8, 4) is 5.75 Å². The molecular weight excluding hydrogens is 320 g/mol. The van der Waals surface area contributed by atoms with Gasteiger partial charge in [-0.2, -0.15) is 0 Å². The van der Waals surface area contributed by atoms with E-state index in [0.29, 0.717) is 6.42 Å². The number of hydrogen-bond acceptors (Lipinski definition) is 2. The van der Waals surface area contributed by atoms with E-state index in [4.69, 9.17) is 0 Å². The fourth-order valence-electron chi connectivity index (χ4n) is 3.59. The Morgan fingerprint density at radius 3 is 2.08 bits per heavy atom. The number of carbonyl (C=O) groups is 1. The molecule has 0 aliphatic heterocycles. The van der Waals surface area contributed by atoms with Gasteiger partial charge in [0.1, 0.15) is 5.75 Å². The molecule has 0 heterocycles. The van der Waals surface area contributed by atoms with Gasteiger partial charge in [-0.15, -0.1) is 0 Å². The van der Waals surface area contributed by atoms with E-state index in [2.05, 4.69) is 6.92 Å². The molecule has 0 aromatic heterocycles. The summed E-state index contributed by atoms with van der Waals surface area (Å²) in [5, 5.41) is 11.6. The third kappa shape index (κ3) is 6.82. The van der Waals surface area contributed by atoms with Gasteiger partial charge in [0.05, 0.1) is 0 Å². The summed E-state index contributed by atoms with van der Waals surface area (Å²) in [6.45, 7) is 2.26. The summed E-state index contributed by atoms with van der Waals surface area (Å²) in [5.74, 6) is 0.407. The topological polar surface area (TPSA) is 37.3 Å². The number of hydrogen-bond donors (Lipinski definition) is 1. The van der Waals surface area contributed by atoms with E-state index in [-0.39, 0.29) is 11.5 Å². The molecule has 0 atom stereocenters. The number of unbranched alkanes of at least 4 members (excludes halogenated alkanes) is 10. The van der Waals surface area contributed by atoms with Crippen LogP contribution in [0.25, 0.3) is 10.8 Å². The van der Waals surface area contributed by atoms with Crippen LogP contribution in [-0.2, 0) is 0 Å². The number of phenols is 1. The Balaban J connectivity index is 1.63. The van der Waals surface area contributed by atoms with Crippen molar-refractivity contribution in [3.05, 3.63) is 42.0 Å². The average molecular weight is 355 g/mol. The molecule has 0 saturated carbocycles. The van der Waals surface area contributed by atoms with Crippen LogP contribution >= 0.6 is 0 Å². The van der Waals surface area contributed by atoms with Crippen LogP contribution in [0.2, 0.25) is 0 Å². The molecule has 0 radical (unpaired) electrons. The van der Waals surface area contributed by atoms with Crippen molar-refractivity contribution in [1.82, 2.24) is 0 Å². The summed E-state index contributed by atoms with van der Waals surface area (Å²) in [6.07, 6.45) is 14.8. The van der Waals surface area contributed by atoms with Crippen molar-refractivity contribution >= 4 is 16.6 Å². The van der Waals surface area contributed by atoms with E-state index < -0.39 is 0 Å². The average Bonchev–Trinajstić information content (AvgIpc) is 2.65. The molecule has 0 saturated heterocycles. The Morgan fingerprint density at radius 2 is 1.42 bits per heavy atom. The van der Waals surface area contributed by atoms with Crippen LogP contribution in [0.15, 0.2) is 36.4 Å². The minimum atomic E-state index is 0.192. The number of fused-ring (bicyclic) bond motifs is 1. The lowest BCUT2D eigenvalue weighted by Crippen LogP contribution is -2.00. The lowest BCUT2D eigenvalue weighted by molar-refractivity contribution is 0.0980. The smallest absolute Gasteiger partial charge is 0.163 e. The predicted molar refractivity (Wildman–Crippen MR) is 111 cm³/mol. The fourth-order valence-corrected chi connectivity index (χ4v) is 3.59. The standard InChI is InChI=1S/C24H34O2/c1-2-3-4-5-6-7-8-9-10-11-12-16-24(26)22-15-13-14-20-17-18-21(25)19-23(20)22/h13-15,17-19,25H,2-12,16H2,1H3. The number of Topliss-reactive ketones (excluding diaryl/α,β-unsaturated/α-hetero) is 1. The summed E-state index contributed by atoms with van der Waals surface area (Å²) in [6, 6.07) is 11.0. The molecule has 2 heteroatoms. The molecule has 0 fully saturated rings. The molecule has 26 heavy (non-hydrogen) atoms. The van der Waals surface area contributed by atoms with Crippen LogP contribution in [0.4, 0.5) is 0 Å². The molecule has 142 valence electrons. The molecule has 2 rings (SSSR count). The number of benzene rings is 2. The van der Waals surface area contributed by atoms with Gasteiger partial charge in [0.2, 0.25) is 0 Å². The third-order valence-electron chi connectivity index (χ3n) is 5.17. The maximum absolute atomic E-state index is 12.5. The maximum Gasteiger partial charge on any atom is 0.163 e. The molecular formula is C24H34O2. The largest absolute Gasteiger partial charge is 0.508 e. The first-order valence-corrected chi connectivity index (χ1v) is 10.5. The molecule has 0 spiro atoms. The molecule has 2 aromatic carbocycles. The van der Waals surface area contributed by atoms with Gasteiger partial charge in [0.25, 0.3) is 0 Å². The number of rotatable bonds is 13. The number of aromatic hydroxyl groups is 1. The van der Waals surface area contributed by atoms with Crippen molar-refractivity contribution in [2.75, 3.05) is 0 Å². The number of ketones is 1. The van der Waals surface area contributed by atoms with Crippen LogP contribution in [0, 0.1) is 0 Å². The SMILES string of the molecule is CCCCCCCCCCCCCC(=O)c1cccc2ccc(O)cc12. The molecule has 2 aromatic rings. The highest BCUT2D eigenvalue weighted by Crippen LogP contribution is 2.25. The summed E-state index contributed by atoms with van der Waals surface area (Å²) in [4.78, 5) is 12.5. The second-order valence-electron chi connectivity index (χ2n) is 7.42. The predicted octanol–water partition coefficient (Wildman–Crippen LogP) is 7.43. The lowest BCUT2D eigenvalue weighted by atomic mass is 9.97. The van der Waals surface area contributed by atoms with Crippen LogP contribution < -0.4 is 0 Å². The van der Waals surface area contributed by atoms with Gasteiger partial charge in [-0.05, 0) is 29.3 Å². The van der Waals surface area contributed by atoms with Gasteiger partial charge in [0, 0.05) is 12.0 Å². The summed E-state index contributed by atoms with van der Waals surface area (Å²) >= 11 is 0. The van der Waals surface area contributed by atoms with Crippen molar-refractivity contribution in [3.63, 3.8) is 0 Å². The lowest BCUT2D eigenvalue weighted by Gasteiger charge is -2.07. The molecule has 2 nitrogen and oxygen atoms in total. The van der Waals surface area contributed by atoms with Gasteiger partial charge < -0.3 is 5.11 Å². The van der Waals surface area contributed by atoms with Gasteiger partial charge in [-0.1, -0.05) is 95.4 Å². The summed E-state index contributed by atoms with van der Waals surface area (Å²) in [5.41, 5.74) is 0.741. The van der Waals surface area contributed by atoms with Crippen LogP contribution in [0.3, 0.4) is 0 Å². The third-order valence-corrected chi connectivity index (χ3v) is 5.17. The van der Waals surface area contributed by atoms with E-state index >= 15 is 0 Å². The van der Waals surface area contributed by atoms with Crippen LogP contribution in [0.5, 0.6) is 5.75 Å². The molecule has 0 bridgehead atoms. The van der Waals surface area contributed by atoms with Gasteiger partial charge in [-0.25, -0.2) is 0 Å². The van der Waals surface area contributed by atoms with Crippen molar-refractivity contribution in [1.29, 1.82) is 0 Å². The highest BCUT2D eigenvalue weighted by atomic mass is 16.3. The van der Waals surface area contributed by atoms with E-state index in [1.54, 1.807) is 12.1 Å². The van der Waals surface area contributed by atoms with E-state index in [1.807, 2.05) is 24.3 Å². The highest BCUT2D eigenvalue weighted by Gasteiger charge is 2.10. The minimum Gasteiger partial charge on any atom is -0.508 e. The molecule has 0 unspecified atom stereocenters. The first kappa shape index (κ1) is 20.5. The quantitative estimate of drug-likeness (QED) is 0.300. The second-order valence-corrected chi connectivity index (χ2v) is 7.42. The van der Waals surface area contributed by atoms with E-state index in [0.717, 1.165) is 29.2 Å². The van der Waals surface area contributed by atoms with Crippen LogP contribution in [0.1, 0.15) is 94.3 Å². The molecule has 0 aliphatic rings. The Kier molecular flexibility index (Phi) is 9.23. The fraction of sp³-hybridized carbons (Fsp3) is 0.542. The maximum atomic E-state index is 12.5. The Hall–Kier alpha value is -1.83. The number of phenolic OH excluding ortho intramolecular Hbond substituents is 1. The van der Waals surface area contributed by atoms with Crippen molar-refractivity contribution in [2.45, 2.75) is 84.0 Å². The zero-order chi connectivity index (χ0) is 18.6. The number of carbonyl (C=O) groups excluding carboxylic acids is 1. The normalized spacial score (nSPS) is 11.1. The van der Waals surface area contributed by atoms with Gasteiger partial charge in [-0.3, -0.25) is 4.79 Å². The molecule has 1 N–H and O–H groups in total. The van der Waals surface area contributed by atoms with Gasteiger partial charge >= 0.3 is 0 Å². The molecule has 0 aliphatic carbocycles. The monoisotopic (exact) mass is 354 g/mol. The second kappa shape index (κ2) is 11.7. The zero-order valence-electron chi connectivity index (χ0n) is 16.3. The summed E-state index contributed by atoms with van der Waals surface area (Å²) in [7, 11) is 0. The summed E-state index contributed by atoms with van der Waals surface area (Å²) < 4.78 is 0. The van der Waals surface area contributed by atoms with Crippen LogP contribution in [-0.4, -0.2) is 10.9 Å². The first-order chi connectivity index (χ1) is 12.7. The first-order valence-electron chi connectivity index (χ1n) is 10.5. The zero-order valence-corrected chi connectivity index (χ0v) is 16.3. The Labute approximate surface area is 158 Å². The Bertz CT molecular complexity index is 675. The molecule has 0 amide bonds. The Morgan fingerprint density at radius 1 is 0.808 bits per heavy atom. The van der Waals surface area contributed by atoms with E-state index in [9.17, 15) is 9.90 Å². The van der Waals surface area contributed by atoms with Gasteiger partial charge in [0.15, 0.2) is 5.78 Å². The van der Waals surface area contributed by atoms with E-state index in [1.165, 1.54) is 57.8 Å². The highest BCUT2D eigenvalue weighted by molar-refractivity contribution is 6.08. The minimum absolute atomic E-state index is 0.192.